The van der Waals surface area contributed by atoms with Crippen LogP contribution in [-0.4, -0.2) is 46.7 Å². The Morgan fingerprint density at radius 3 is 1.87 bits per heavy atom. The average molecular weight is 526 g/mol. The monoisotopic (exact) mass is 526 g/mol. The van der Waals surface area contributed by atoms with Gasteiger partial charge in [-0.05, 0) is 80.9 Å². The third kappa shape index (κ3) is 7.26. The van der Waals surface area contributed by atoms with Crippen LogP contribution in [-0.2, 0) is 25.4 Å². The van der Waals surface area contributed by atoms with Gasteiger partial charge in [0.15, 0.2) is 11.6 Å². The van der Waals surface area contributed by atoms with Crippen LogP contribution in [0.3, 0.4) is 0 Å². The third-order valence-electron chi connectivity index (χ3n) is 5.98. The maximum Gasteiger partial charge on any atom is 0.496 e. The number of benzene rings is 1. The molecule has 0 atom stereocenters. The fourth-order valence-corrected chi connectivity index (χ4v) is 3.43. The highest BCUT2D eigenvalue weighted by molar-refractivity contribution is 6.62. The van der Waals surface area contributed by atoms with Gasteiger partial charge in [0, 0.05) is 11.7 Å². The summed E-state index contributed by atoms with van der Waals surface area (Å²) >= 11 is 0. The zero-order chi connectivity index (χ0) is 28.5. The summed E-state index contributed by atoms with van der Waals surface area (Å²) in [4.78, 5) is 31.8. The topological polar surface area (TPSA) is 96.4 Å². The summed E-state index contributed by atoms with van der Waals surface area (Å²) in [6, 6.07) is 11.2. The highest BCUT2D eigenvalue weighted by atomic mass is 16.7. The zero-order valence-corrected chi connectivity index (χ0v) is 24.1. The molecular weight excluding hydrogens is 487 g/mol. The van der Waals surface area contributed by atoms with Crippen molar-refractivity contribution in [3.05, 3.63) is 48.2 Å². The molecule has 1 aromatic heterocycles. The van der Waals surface area contributed by atoms with Crippen molar-refractivity contribution >= 4 is 30.6 Å². The molecule has 3 rings (SSSR count). The number of carbonyl (C=O) groups excluding carboxylic acids is 2. The van der Waals surface area contributed by atoms with Gasteiger partial charge >= 0.3 is 19.3 Å². The molecule has 2 heterocycles. The van der Waals surface area contributed by atoms with Gasteiger partial charge in [-0.2, -0.15) is 4.90 Å². The lowest BCUT2D eigenvalue weighted by molar-refractivity contribution is 0.00578. The molecule has 206 valence electrons. The molecule has 0 saturated carbocycles. The molecule has 2 aromatic rings. The fraction of sp³-hybridized carbons (Fsp3) is 0.536. The van der Waals surface area contributed by atoms with Crippen LogP contribution in [0, 0.1) is 0 Å². The highest BCUT2D eigenvalue weighted by Crippen LogP contribution is 2.37. The quantitative estimate of drug-likeness (QED) is 0.462. The van der Waals surface area contributed by atoms with Crippen LogP contribution < -0.4 is 15.1 Å². The van der Waals surface area contributed by atoms with E-state index < -0.39 is 41.7 Å². The number of hydrogen-bond acceptors (Lipinski definition) is 8. The van der Waals surface area contributed by atoms with Gasteiger partial charge in [0.05, 0.1) is 11.2 Å². The number of nitrogens with zero attached hydrogens (tertiary/aromatic N) is 2. The second-order valence-corrected chi connectivity index (χ2v) is 12.2. The van der Waals surface area contributed by atoms with Crippen LogP contribution in [0.1, 0.15) is 74.8 Å². The molecule has 0 spiro atoms. The van der Waals surface area contributed by atoms with Gasteiger partial charge in [0.2, 0.25) is 0 Å². The molecule has 2 amide bonds. The van der Waals surface area contributed by atoms with Crippen LogP contribution in [0.2, 0.25) is 0 Å². The largest absolute Gasteiger partial charge is 0.496 e. The molecule has 9 nitrogen and oxygen atoms in total. The van der Waals surface area contributed by atoms with Crippen LogP contribution >= 0.6 is 0 Å². The van der Waals surface area contributed by atoms with Crippen LogP contribution in [0.5, 0.6) is 5.75 Å². The number of imide groups is 1. The van der Waals surface area contributed by atoms with Gasteiger partial charge in [-0.1, -0.05) is 30.3 Å². The van der Waals surface area contributed by atoms with E-state index in [2.05, 4.69) is 4.98 Å². The minimum Gasteiger partial charge on any atom is -0.485 e. The van der Waals surface area contributed by atoms with E-state index in [-0.39, 0.29) is 18.2 Å². The summed E-state index contributed by atoms with van der Waals surface area (Å²) in [6.07, 6.45) is -0.381. The predicted molar refractivity (Wildman–Crippen MR) is 146 cm³/mol. The van der Waals surface area contributed by atoms with E-state index in [0.717, 1.165) is 10.5 Å². The Morgan fingerprint density at radius 1 is 0.895 bits per heavy atom. The number of anilines is 1. The van der Waals surface area contributed by atoms with Gasteiger partial charge in [0.1, 0.15) is 17.8 Å². The first-order chi connectivity index (χ1) is 17.4. The molecule has 1 aliphatic rings. The van der Waals surface area contributed by atoms with Crippen molar-refractivity contribution in [2.75, 3.05) is 4.90 Å². The van der Waals surface area contributed by atoms with E-state index in [1.807, 2.05) is 58.0 Å². The second-order valence-electron chi connectivity index (χ2n) is 12.2. The van der Waals surface area contributed by atoms with Crippen LogP contribution in [0.25, 0.3) is 0 Å². The van der Waals surface area contributed by atoms with Gasteiger partial charge < -0.3 is 23.5 Å². The minimum absolute atomic E-state index is 0.0651. The molecule has 1 fully saturated rings. The fourth-order valence-electron chi connectivity index (χ4n) is 3.43. The Balaban J connectivity index is 2.07. The smallest absolute Gasteiger partial charge is 0.485 e. The maximum absolute atomic E-state index is 13.3. The van der Waals surface area contributed by atoms with Gasteiger partial charge in [-0.3, -0.25) is 0 Å². The Morgan fingerprint density at radius 2 is 1.39 bits per heavy atom. The zero-order valence-electron chi connectivity index (χ0n) is 24.1. The molecule has 1 saturated heterocycles. The molecule has 10 heteroatoms. The van der Waals surface area contributed by atoms with Crippen molar-refractivity contribution in [3.8, 4) is 5.75 Å². The average Bonchev–Trinajstić information content (AvgIpc) is 2.98. The number of aromatic nitrogens is 1. The van der Waals surface area contributed by atoms with E-state index in [1.165, 1.54) is 6.20 Å². The van der Waals surface area contributed by atoms with Crippen LogP contribution in [0.15, 0.2) is 42.6 Å². The lowest BCUT2D eigenvalue weighted by Crippen LogP contribution is -2.45. The van der Waals surface area contributed by atoms with Crippen molar-refractivity contribution in [2.24, 2.45) is 0 Å². The summed E-state index contributed by atoms with van der Waals surface area (Å²) in [5, 5.41) is 0. The molecule has 0 radical (unpaired) electrons. The van der Waals surface area contributed by atoms with Crippen molar-refractivity contribution in [1.29, 1.82) is 0 Å². The molecule has 0 aliphatic carbocycles. The lowest BCUT2D eigenvalue weighted by atomic mass is 9.80. The minimum atomic E-state index is -0.938. The first-order valence-electron chi connectivity index (χ1n) is 12.7. The molecule has 1 aliphatic heterocycles. The number of ether oxygens (including phenoxy) is 3. The molecule has 0 unspecified atom stereocenters. The number of pyridine rings is 1. The van der Waals surface area contributed by atoms with Gasteiger partial charge in [-0.15, -0.1) is 0 Å². The van der Waals surface area contributed by atoms with Gasteiger partial charge in [-0.25, -0.2) is 14.6 Å². The summed E-state index contributed by atoms with van der Waals surface area (Å²) in [7, 11) is -0.725. The van der Waals surface area contributed by atoms with Crippen LogP contribution in [0.4, 0.5) is 15.4 Å². The maximum atomic E-state index is 13.3. The lowest BCUT2D eigenvalue weighted by Gasteiger charge is -2.32. The SMILES string of the molecule is CC(C)(C)OC(=O)N(C(=O)OC(C)(C)C)c1ncc(B2OC(C)(C)C(C)(C)O2)cc1OCc1ccccc1. The third-order valence-corrected chi connectivity index (χ3v) is 5.98. The van der Waals surface area contributed by atoms with E-state index in [0.29, 0.717) is 5.46 Å². The Bertz CT molecular complexity index is 1110. The van der Waals surface area contributed by atoms with E-state index in [4.69, 9.17) is 23.5 Å². The number of carbonyl (C=O) groups is 2. The Labute approximate surface area is 225 Å². The van der Waals surface area contributed by atoms with Crippen molar-refractivity contribution in [3.63, 3.8) is 0 Å². The van der Waals surface area contributed by atoms with E-state index in [1.54, 1.807) is 47.6 Å². The van der Waals surface area contributed by atoms with E-state index >= 15 is 0 Å². The Kier molecular flexibility index (Phi) is 8.20. The summed E-state index contributed by atoms with van der Waals surface area (Å²) < 4.78 is 29.6. The number of hydrogen-bond donors (Lipinski definition) is 0. The first-order valence-corrected chi connectivity index (χ1v) is 12.7. The number of amides is 2. The normalized spacial score (nSPS) is 16.6. The molecule has 0 N–H and O–H groups in total. The molecule has 38 heavy (non-hydrogen) atoms. The summed E-state index contributed by atoms with van der Waals surface area (Å²) in [6.45, 7) is 18.2. The molecule has 1 aromatic carbocycles. The van der Waals surface area contributed by atoms with E-state index in [9.17, 15) is 9.59 Å². The van der Waals surface area contributed by atoms with Gasteiger partial charge in [0.25, 0.3) is 0 Å². The Hall–Kier alpha value is -3.11. The first kappa shape index (κ1) is 29.5. The highest BCUT2D eigenvalue weighted by Gasteiger charge is 2.52. The second kappa shape index (κ2) is 10.6. The van der Waals surface area contributed by atoms with Crippen molar-refractivity contribution in [1.82, 2.24) is 4.98 Å². The van der Waals surface area contributed by atoms with Crippen molar-refractivity contribution in [2.45, 2.75) is 98.2 Å². The number of rotatable bonds is 5. The van der Waals surface area contributed by atoms with Crippen molar-refractivity contribution < 1.29 is 33.1 Å². The molecular formula is C28H39BN2O7. The summed E-state index contributed by atoms with van der Waals surface area (Å²) in [5.74, 6) is 0.0995. The standard InChI is InChI=1S/C28H39BN2O7/c1-25(2,3)35-23(32)31(24(33)36-26(4,5)6)22-21(34-18-19-14-12-11-13-15-19)16-20(17-30-22)29-37-27(7,8)28(9,10)38-29/h11-17H,18H2,1-10H3. The molecule has 0 bridgehead atoms. The summed E-state index contributed by atoms with van der Waals surface area (Å²) in [5.41, 5.74) is -1.42. The predicted octanol–water partition coefficient (Wildman–Crippen LogP) is 5.64.